The molecule has 103 valence electrons. The lowest BCUT2D eigenvalue weighted by Crippen LogP contribution is -2.35. The Kier molecular flexibility index (Phi) is 2.67. The summed E-state index contributed by atoms with van der Waals surface area (Å²) in [6.07, 6.45) is 1.74. The lowest BCUT2D eigenvalue weighted by molar-refractivity contribution is -0.0577. The predicted molar refractivity (Wildman–Crippen MR) is 73.1 cm³/mol. The van der Waals surface area contributed by atoms with Crippen molar-refractivity contribution in [2.75, 3.05) is 13.1 Å². The molecule has 1 saturated heterocycles. The molecule has 8 heteroatoms. The van der Waals surface area contributed by atoms with Gasteiger partial charge in [-0.1, -0.05) is 0 Å². The van der Waals surface area contributed by atoms with Crippen LogP contribution in [0.15, 0.2) is 0 Å². The van der Waals surface area contributed by atoms with E-state index >= 15 is 0 Å². The summed E-state index contributed by atoms with van der Waals surface area (Å²) in [6.45, 7) is 2.72. The lowest BCUT2D eigenvalue weighted by atomic mass is 9.89. The third kappa shape index (κ3) is 1.58. The first-order valence-corrected chi connectivity index (χ1v) is 7.43. The van der Waals surface area contributed by atoms with Gasteiger partial charge in [-0.3, -0.25) is 5.21 Å². The fraction of sp³-hybridized carbons (Fsp3) is 0.500. The first-order chi connectivity index (χ1) is 9.69. The third-order valence-electron chi connectivity index (χ3n) is 4.30. The van der Waals surface area contributed by atoms with Gasteiger partial charge in [0.1, 0.15) is 6.04 Å². The molecule has 4 heterocycles. The average molecular weight is 290 g/mol. The van der Waals surface area contributed by atoms with Gasteiger partial charge in [0, 0.05) is 22.8 Å². The number of amides is 2. The predicted octanol–water partition coefficient (Wildman–Crippen LogP) is 0.597. The van der Waals surface area contributed by atoms with Crippen molar-refractivity contribution in [3.8, 4) is 0 Å². The van der Waals surface area contributed by atoms with Gasteiger partial charge in [-0.05, 0) is 24.1 Å². The Morgan fingerprint density at radius 2 is 2.20 bits per heavy atom. The summed E-state index contributed by atoms with van der Waals surface area (Å²) < 4.78 is 0. The van der Waals surface area contributed by atoms with E-state index in [-0.39, 0.29) is 12.1 Å². The molecule has 0 saturated carbocycles. The van der Waals surface area contributed by atoms with E-state index in [0.29, 0.717) is 13.1 Å². The van der Waals surface area contributed by atoms with Crippen molar-refractivity contribution in [3.63, 3.8) is 0 Å². The lowest BCUT2D eigenvalue weighted by Gasteiger charge is -2.27. The third-order valence-corrected chi connectivity index (χ3v) is 5.73. The number of hydrogen-bond acceptors (Lipinski definition) is 5. The standard InChI is InChI=1S/C12H13BN3O3S/c17-6-13-15-2-1-10-7(4-15)8-3-14-5-9(11(8)20-10)16(19)12(14)18/h6,9,19H,1-5H2. The molecule has 1 aromatic rings. The van der Waals surface area contributed by atoms with Crippen molar-refractivity contribution in [1.29, 1.82) is 0 Å². The topological polar surface area (TPSA) is 64.1 Å². The van der Waals surface area contributed by atoms with Crippen LogP contribution in [0, 0.1) is 0 Å². The maximum Gasteiger partial charge on any atom is 0.344 e. The van der Waals surface area contributed by atoms with Crippen molar-refractivity contribution in [2.24, 2.45) is 0 Å². The molecule has 2 amide bonds. The first kappa shape index (κ1) is 12.4. The monoisotopic (exact) mass is 290 g/mol. The molecule has 0 aromatic carbocycles. The Hall–Kier alpha value is -1.38. The average Bonchev–Trinajstić information content (AvgIpc) is 2.93. The number of urea groups is 1. The van der Waals surface area contributed by atoms with Crippen LogP contribution >= 0.6 is 11.3 Å². The molecule has 20 heavy (non-hydrogen) atoms. The molecule has 2 bridgehead atoms. The van der Waals surface area contributed by atoms with E-state index in [1.165, 1.54) is 16.0 Å². The number of hydrogen-bond donors (Lipinski definition) is 1. The van der Waals surface area contributed by atoms with E-state index < -0.39 is 0 Å². The Morgan fingerprint density at radius 1 is 1.35 bits per heavy atom. The molecule has 1 radical (unpaired) electrons. The van der Waals surface area contributed by atoms with Crippen molar-refractivity contribution in [1.82, 2.24) is 14.8 Å². The molecule has 0 spiro atoms. The number of rotatable bonds is 2. The van der Waals surface area contributed by atoms with E-state index in [2.05, 4.69) is 0 Å². The quantitative estimate of drug-likeness (QED) is 0.492. The Morgan fingerprint density at radius 3 is 3.00 bits per heavy atom. The molecule has 1 aromatic heterocycles. The number of hydroxylamine groups is 2. The minimum absolute atomic E-state index is 0.217. The van der Waals surface area contributed by atoms with Gasteiger partial charge in [0.15, 0.2) is 0 Å². The van der Waals surface area contributed by atoms with Crippen LogP contribution < -0.4 is 0 Å². The van der Waals surface area contributed by atoms with Gasteiger partial charge >= 0.3 is 6.03 Å². The van der Waals surface area contributed by atoms with Gasteiger partial charge in [0.05, 0.1) is 12.7 Å². The SMILES string of the molecule is O=C[B]N1CCc2sc3c(c2C1)CN1CC3N(O)C1=O. The fourth-order valence-electron chi connectivity index (χ4n) is 3.30. The van der Waals surface area contributed by atoms with Crippen LogP contribution in [0.25, 0.3) is 0 Å². The molecule has 6 nitrogen and oxygen atoms in total. The number of fused-ring (bicyclic) bond motifs is 6. The molecule has 1 unspecified atom stereocenters. The summed E-state index contributed by atoms with van der Waals surface area (Å²) in [5, 5.41) is 10.8. The van der Waals surface area contributed by atoms with Gasteiger partial charge in [0.25, 0.3) is 7.41 Å². The van der Waals surface area contributed by atoms with Crippen molar-refractivity contribution >= 4 is 31.0 Å². The van der Waals surface area contributed by atoms with Gasteiger partial charge in [0.2, 0.25) is 0 Å². The molecule has 3 aliphatic heterocycles. The second-order valence-electron chi connectivity index (χ2n) is 5.38. The van der Waals surface area contributed by atoms with Crippen LogP contribution in [0.4, 0.5) is 4.79 Å². The van der Waals surface area contributed by atoms with Crippen LogP contribution in [-0.4, -0.2) is 52.7 Å². The van der Waals surface area contributed by atoms with Crippen molar-refractivity contribution in [3.05, 3.63) is 20.9 Å². The number of carbonyl (C=O) groups is 2. The van der Waals surface area contributed by atoms with Gasteiger partial charge in [-0.15, -0.1) is 11.3 Å². The zero-order valence-corrected chi connectivity index (χ0v) is 11.6. The summed E-state index contributed by atoms with van der Waals surface area (Å²) in [4.78, 5) is 28.6. The summed E-state index contributed by atoms with van der Waals surface area (Å²) in [5.74, 6) is 0. The van der Waals surface area contributed by atoms with Crippen molar-refractivity contribution in [2.45, 2.75) is 25.6 Å². The maximum absolute atomic E-state index is 11.8. The highest BCUT2D eigenvalue weighted by molar-refractivity contribution is 7.12. The number of thiophene rings is 1. The van der Waals surface area contributed by atoms with Crippen LogP contribution in [-0.2, 0) is 24.3 Å². The fourth-order valence-corrected chi connectivity index (χ4v) is 4.69. The van der Waals surface area contributed by atoms with Gasteiger partial charge < -0.3 is 14.5 Å². The second kappa shape index (κ2) is 4.31. The van der Waals surface area contributed by atoms with Crippen LogP contribution in [0.5, 0.6) is 0 Å². The highest BCUT2D eigenvalue weighted by atomic mass is 32.1. The summed E-state index contributed by atoms with van der Waals surface area (Å²) in [7, 11) is 1.58. The van der Waals surface area contributed by atoms with Gasteiger partial charge in [-0.2, -0.15) is 5.06 Å². The van der Waals surface area contributed by atoms with Gasteiger partial charge in [-0.25, -0.2) is 4.79 Å². The molecule has 4 rings (SSSR count). The highest BCUT2D eigenvalue weighted by Crippen LogP contribution is 2.45. The Bertz CT molecular complexity index is 605. The van der Waals surface area contributed by atoms with Crippen molar-refractivity contribution < 1.29 is 14.8 Å². The van der Waals surface area contributed by atoms with Crippen LogP contribution in [0.2, 0.25) is 0 Å². The normalized spacial score (nSPS) is 24.6. The zero-order valence-electron chi connectivity index (χ0n) is 10.8. The largest absolute Gasteiger partial charge is 0.344 e. The molecule has 3 aliphatic rings. The van der Waals surface area contributed by atoms with Crippen LogP contribution in [0.3, 0.4) is 0 Å². The maximum atomic E-state index is 11.8. The first-order valence-electron chi connectivity index (χ1n) is 6.62. The van der Waals surface area contributed by atoms with E-state index in [0.717, 1.165) is 35.6 Å². The van der Waals surface area contributed by atoms with E-state index in [1.807, 2.05) is 4.81 Å². The second-order valence-corrected chi connectivity index (χ2v) is 6.51. The number of carbonyl (C=O) groups excluding carboxylic acids is 2. The van der Waals surface area contributed by atoms with E-state index in [4.69, 9.17) is 0 Å². The molecule has 1 N–H and O–H groups in total. The summed E-state index contributed by atoms with van der Waals surface area (Å²) in [5.41, 5.74) is 2.42. The van der Waals surface area contributed by atoms with Crippen LogP contribution in [0.1, 0.15) is 26.9 Å². The molecule has 1 atom stereocenters. The van der Waals surface area contributed by atoms with E-state index in [1.54, 1.807) is 23.7 Å². The molecular formula is C12H13BN3O3S. The van der Waals surface area contributed by atoms with E-state index in [9.17, 15) is 14.8 Å². The zero-order chi connectivity index (χ0) is 13.9. The number of nitrogens with zero attached hydrogens (tertiary/aromatic N) is 3. The minimum atomic E-state index is -0.306. The minimum Gasteiger partial charge on any atom is -0.336 e. The smallest absolute Gasteiger partial charge is 0.336 e. The Balaban J connectivity index is 1.73. The molecule has 0 aliphatic carbocycles. The Labute approximate surface area is 120 Å². The molecular weight excluding hydrogens is 277 g/mol. The molecule has 1 fully saturated rings. The summed E-state index contributed by atoms with van der Waals surface area (Å²) in [6, 6.07) is -0.523. The highest BCUT2D eigenvalue weighted by Gasteiger charge is 2.45. The summed E-state index contributed by atoms with van der Waals surface area (Å²) >= 11 is 1.71.